The molecule has 2 aromatic rings. The van der Waals surface area contributed by atoms with Gasteiger partial charge in [-0.05, 0) is 54.2 Å². The summed E-state index contributed by atoms with van der Waals surface area (Å²) in [6, 6.07) is 10.9. The topological polar surface area (TPSA) is 55.4 Å². The Labute approximate surface area is 144 Å². The van der Waals surface area contributed by atoms with Crippen molar-refractivity contribution in [1.29, 1.82) is 0 Å². The van der Waals surface area contributed by atoms with E-state index in [1.807, 2.05) is 39.0 Å². The van der Waals surface area contributed by atoms with E-state index < -0.39 is 10.0 Å². The Morgan fingerprint density at radius 3 is 2.00 bits per heavy atom. The lowest BCUT2D eigenvalue weighted by atomic mass is 10.0. The molecule has 0 spiro atoms. The van der Waals surface area contributed by atoms with E-state index in [2.05, 4.69) is 4.72 Å². The van der Waals surface area contributed by atoms with E-state index in [9.17, 15) is 8.42 Å². The summed E-state index contributed by atoms with van der Waals surface area (Å²) in [5.41, 5.74) is 3.58. The molecule has 0 saturated carbocycles. The summed E-state index contributed by atoms with van der Waals surface area (Å²) in [7, 11) is -2.05. The predicted octanol–water partition coefficient (Wildman–Crippen LogP) is 4.18. The second-order valence-corrected chi connectivity index (χ2v) is 7.27. The molecule has 0 aliphatic heterocycles. The highest BCUT2D eigenvalue weighted by Gasteiger charge is 2.19. The van der Waals surface area contributed by atoms with Crippen LogP contribution in [0.4, 0.5) is 5.69 Å². The maximum absolute atomic E-state index is 12.9. The predicted molar refractivity (Wildman–Crippen MR) is 98.4 cm³/mol. The average molecular weight is 347 g/mol. The van der Waals surface area contributed by atoms with Crippen LogP contribution in [0.1, 0.15) is 37.5 Å². The van der Waals surface area contributed by atoms with Gasteiger partial charge in [0.25, 0.3) is 10.0 Å². The normalized spacial score (nSPS) is 11.3. The highest BCUT2D eigenvalue weighted by molar-refractivity contribution is 7.92. The van der Waals surface area contributed by atoms with E-state index in [-0.39, 0.29) is 4.90 Å². The first kappa shape index (κ1) is 18.3. The molecule has 0 aliphatic carbocycles. The molecule has 24 heavy (non-hydrogen) atoms. The lowest BCUT2D eigenvalue weighted by molar-refractivity contribution is 0.409. The smallest absolute Gasteiger partial charge is 0.261 e. The van der Waals surface area contributed by atoms with Crippen molar-refractivity contribution < 1.29 is 13.2 Å². The highest BCUT2D eigenvalue weighted by Crippen LogP contribution is 2.28. The number of ether oxygens (including phenoxy) is 1. The molecule has 2 aromatic carbocycles. The standard InChI is InChI=1S/C19H25NO3S/c1-5-14-9-8-10-15(6-2)19(14)20-24(21,22)17-11-12-18(23-4)16(7-3)13-17/h8-13,20H,5-7H2,1-4H3. The van der Waals surface area contributed by atoms with Gasteiger partial charge in [-0.3, -0.25) is 4.72 Å². The molecule has 0 saturated heterocycles. The van der Waals surface area contributed by atoms with Crippen molar-refractivity contribution in [2.45, 2.75) is 44.9 Å². The summed E-state index contributed by atoms with van der Waals surface area (Å²) in [4.78, 5) is 0.258. The molecule has 4 nitrogen and oxygen atoms in total. The fourth-order valence-electron chi connectivity index (χ4n) is 2.77. The molecule has 0 atom stereocenters. The van der Waals surface area contributed by atoms with Crippen molar-refractivity contribution in [2.75, 3.05) is 11.8 Å². The number of hydrogen-bond acceptors (Lipinski definition) is 3. The molecule has 1 N–H and O–H groups in total. The number of aryl methyl sites for hydroxylation is 3. The van der Waals surface area contributed by atoms with Gasteiger partial charge >= 0.3 is 0 Å². The van der Waals surface area contributed by atoms with Crippen LogP contribution < -0.4 is 9.46 Å². The molecule has 130 valence electrons. The number of para-hydroxylation sites is 1. The van der Waals surface area contributed by atoms with Crippen LogP contribution in [0, 0.1) is 0 Å². The zero-order valence-corrected chi connectivity index (χ0v) is 15.5. The van der Waals surface area contributed by atoms with Crippen LogP contribution in [-0.2, 0) is 29.3 Å². The van der Waals surface area contributed by atoms with Gasteiger partial charge in [-0.15, -0.1) is 0 Å². The first-order chi connectivity index (χ1) is 11.5. The van der Waals surface area contributed by atoms with Crippen LogP contribution in [0.2, 0.25) is 0 Å². The van der Waals surface area contributed by atoms with Gasteiger partial charge in [0.2, 0.25) is 0 Å². The average Bonchev–Trinajstić information content (AvgIpc) is 2.60. The fourth-order valence-corrected chi connectivity index (χ4v) is 3.96. The van der Waals surface area contributed by atoms with Crippen LogP contribution in [0.25, 0.3) is 0 Å². The van der Waals surface area contributed by atoms with Crippen molar-refractivity contribution in [1.82, 2.24) is 0 Å². The zero-order valence-electron chi connectivity index (χ0n) is 14.7. The van der Waals surface area contributed by atoms with Crippen LogP contribution in [-0.4, -0.2) is 15.5 Å². The molecule has 0 aliphatic rings. The molecule has 5 heteroatoms. The maximum Gasteiger partial charge on any atom is 0.261 e. The number of hydrogen-bond donors (Lipinski definition) is 1. The van der Waals surface area contributed by atoms with Gasteiger partial charge in [-0.25, -0.2) is 8.42 Å². The van der Waals surface area contributed by atoms with E-state index in [0.717, 1.165) is 29.5 Å². The van der Waals surface area contributed by atoms with Crippen LogP contribution in [0.15, 0.2) is 41.3 Å². The second-order valence-electron chi connectivity index (χ2n) is 5.59. The maximum atomic E-state index is 12.9. The number of rotatable bonds is 7. The molecular weight excluding hydrogens is 322 g/mol. The third-order valence-corrected chi connectivity index (χ3v) is 5.53. The first-order valence-corrected chi connectivity index (χ1v) is 9.75. The van der Waals surface area contributed by atoms with Crippen molar-refractivity contribution in [3.05, 3.63) is 53.1 Å². The van der Waals surface area contributed by atoms with Gasteiger partial charge in [-0.1, -0.05) is 39.0 Å². The van der Waals surface area contributed by atoms with E-state index in [0.29, 0.717) is 17.9 Å². The molecule has 2 rings (SSSR count). The van der Waals surface area contributed by atoms with Crippen LogP contribution >= 0.6 is 0 Å². The van der Waals surface area contributed by atoms with E-state index in [1.54, 1.807) is 25.3 Å². The summed E-state index contributed by atoms with van der Waals surface area (Å²) in [5, 5.41) is 0. The Bertz CT molecular complexity index is 791. The van der Waals surface area contributed by atoms with Gasteiger partial charge < -0.3 is 4.74 Å². The van der Waals surface area contributed by atoms with Crippen molar-refractivity contribution >= 4 is 15.7 Å². The highest BCUT2D eigenvalue weighted by atomic mass is 32.2. The lowest BCUT2D eigenvalue weighted by Gasteiger charge is -2.16. The van der Waals surface area contributed by atoms with Gasteiger partial charge in [-0.2, -0.15) is 0 Å². The summed E-state index contributed by atoms with van der Waals surface area (Å²) < 4.78 is 33.8. The number of anilines is 1. The molecular formula is C19H25NO3S. The molecule has 0 heterocycles. The Morgan fingerprint density at radius 2 is 1.50 bits per heavy atom. The monoisotopic (exact) mass is 347 g/mol. The SMILES string of the molecule is CCc1cc(S(=O)(=O)Nc2c(CC)cccc2CC)ccc1OC. The van der Waals surface area contributed by atoms with Gasteiger partial charge in [0.05, 0.1) is 17.7 Å². The summed E-state index contributed by atoms with van der Waals surface area (Å²) in [6.07, 6.45) is 2.25. The molecule has 0 bridgehead atoms. The third kappa shape index (κ3) is 3.73. The van der Waals surface area contributed by atoms with Crippen LogP contribution in [0.3, 0.4) is 0 Å². The Hall–Kier alpha value is -2.01. The Morgan fingerprint density at radius 1 is 0.917 bits per heavy atom. The number of methoxy groups -OCH3 is 1. The van der Waals surface area contributed by atoms with Gasteiger partial charge in [0.15, 0.2) is 0 Å². The van der Waals surface area contributed by atoms with E-state index in [4.69, 9.17) is 4.74 Å². The lowest BCUT2D eigenvalue weighted by Crippen LogP contribution is -2.16. The zero-order chi connectivity index (χ0) is 17.7. The van der Waals surface area contributed by atoms with Gasteiger partial charge in [0, 0.05) is 0 Å². The van der Waals surface area contributed by atoms with Gasteiger partial charge in [0.1, 0.15) is 5.75 Å². The van der Waals surface area contributed by atoms with Crippen molar-refractivity contribution in [3.8, 4) is 5.75 Å². The number of sulfonamides is 1. The Kier molecular flexibility index (Phi) is 5.89. The first-order valence-electron chi connectivity index (χ1n) is 8.27. The Balaban J connectivity index is 2.46. The van der Waals surface area contributed by atoms with Crippen molar-refractivity contribution in [2.24, 2.45) is 0 Å². The summed E-state index contributed by atoms with van der Waals surface area (Å²) >= 11 is 0. The summed E-state index contributed by atoms with van der Waals surface area (Å²) in [5.74, 6) is 0.708. The largest absolute Gasteiger partial charge is 0.496 e. The molecule has 0 radical (unpaired) electrons. The minimum absolute atomic E-state index is 0.258. The van der Waals surface area contributed by atoms with E-state index in [1.165, 1.54) is 0 Å². The summed E-state index contributed by atoms with van der Waals surface area (Å²) in [6.45, 7) is 6.02. The molecule has 0 aromatic heterocycles. The minimum atomic E-state index is -3.64. The number of benzene rings is 2. The molecule has 0 amide bonds. The molecule has 0 unspecified atom stereocenters. The third-order valence-electron chi connectivity index (χ3n) is 4.18. The van der Waals surface area contributed by atoms with Crippen molar-refractivity contribution in [3.63, 3.8) is 0 Å². The fraction of sp³-hybridized carbons (Fsp3) is 0.368. The number of nitrogens with one attached hydrogen (secondary N) is 1. The minimum Gasteiger partial charge on any atom is -0.496 e. The quantitative estimate of drug-likeness (QED) is 0.817. The van der Waals surface area contributed by atoms with E-state index >= 15 is 0 Å². The second kappa shape index (κ2) is 7.71. The van der Waals surface area contributed by atoms with Crippen LogP contribution in [0.5, 0.6) is 5.75 Å². The molecule has 0 fully saturated rings.